The number of rotatable bonds is 3. The molecule has 1 N–H and O–H groups in total. The fourth-order valence-corrected chi connectivity index (χ4v) is 2.36. The van der Waals surface area contributed by atoms with Gasteiger partial charge in [0.15, 0.2) is 4.77 Å². The molecule has 0 saturated carbocycles. The van der Waals surface area contributed by atoms with E-state index in [1.165, 1.54) is 0 Å². The number of thioether (sulfide) groups is 1. The number of H-pyrrole nitrogens is 1. The molecule has 0 aliphatic heterocycles. The minimum atomic E-state index is 0.107. The van der Waals surface area contributed by atoms with E-state index >= 15 is 0 Å². The molecule has 0 saturated heterocycles. The van der Waals surface area contributed by atoms with Crippen molar-refractivity contribution in [1.29, 1.82) is 5.26 Å². The smallest absolute Gasteiger partial charge is 0.178 e. The van der Waals surface area contributed by atoms with Gasteiger partial charge in [0.2, 0.25) is 0 Å². The standard InChI is InChI=1S/C13H15N3S2/c1-13(2,18-3)8-16-11-6-9(7-14)4-5-10(11)15-12(16)17/h4-6H,8H2,1-3H3,(H,15,17). The number of nitrogens with one attached hydrogen (secondary N) is 1. The van der Waals surface area contributed by atoms with E-state index in [4.69, 9.17) is 17.5 Å². The summed E-state index contributed by atoms with van der Waals surface area (Å²) in [6.45, 7) is 5.20. The first-order chi connectivity index (χ1) is 8.46. The number of aromatic amines is 1. The molecule has 0 unspecified atom stereocenters. The fraction of sp³-hybridized carbons (Fsp3) is 0.385. The van der Waals surface area contributed by atoms with Crippen LogP contribution in [0.5, 0.6) is 0 Å². The average molecular weight is 277 g/mol. The molecule has 0 spiro atoms. The maximum Gasteiger partial charge on any atom is 0.178 e. The molecule has 0 fully saturated rings. The molecule has 5 heteroatoms. The summed E-state index contributed by atoms with van der Waals surface area (Å²) < 4.78 is 2.89. The Hall–Kier alpha value is -1.25. The van der Waals surface area contributed by atoms with Crippen molar-refractivity contribution in [1.82, 2.24) is 9.55 Å². The number of nitriles is 1. The van der Waals surface area contributed by atoms with E-state index in [0.717, 1.165) is 17.6 Å². The molecule has 2 aromatic rings. The van der Waals surface area contributed by atoms with E-state index in [1.54, 1.807) is 17.8 Å². The van der Waals surface area contributed by atoms with E-state index in [0.29, 0.717) is 10.3 Å². The van der Waals surface area contributed by atoms with Crippen molar-refractivity contribution in [3.8, 4) is 6.07 Å². The van der Waals surface area contributed by atoms with Crippen molar-refractivity contribution in [2.24, 2.45) is 0 Å². The number of imidazole rings is 1. The van der Waals surface area contributed by atoms with Crippen LogP contribution in [0.4, 0.5) is 0 Å². The van der Waals surface area contributed by atoms with Crippen LogP contribution >= 0.6 is 24.0 Å². The maximum atomic E-state index is 8.97. The Bertz CT molecular complexity index is 674. The summed E-state index contributed by atoms with van der Waals surface area (Å²) in [4.78, 5) is 3.18. The molecule has 0 amide bonds. The molecule has 1 aromatic carbocycles. The summed E-state index contributed by atoms with van der Waals surface area (Å²) in [5.41, 5.74) is 2.64. The topological polar surface area (TPSA) is 44.5 Å². The van der Waals surface area contributed by atoms with Crippen LogP contribution in [0.3, 0.4) is 0 Å². The lowest BCUT2D eigenvalue weighted by molar-refractivity contribution is 0.574. The minimum absolute atomic E-state index is 0.107. The van der Waals surface area contributed by atoms with Crippen molar-refractivity contribution in [2.75, 3.05) is 6.26 Å². The van der Waals surface area contributed by atoms with Crippen LogP contribution in [-0.2, 0) is 6.54 Å². The van der Waals surface area contributed by atoms with E-state index in [9.17, 15) is 0 Å². The zero-order valence-corrected chi connectivity index (χ0v) is 12.3. The molecule has 3 nitrogen and oxygen atoms in total. The zero-order chi connectivity index (χ0) is 13.3. The van der Waals surface area contributed by atoms with Crippen LogP contribution < -0.4 is 0 Å². The second-order valence-corrected chi connectivity index (χ2v) is 6.72. The summed E-state index contributed by atoms with van der Waals surface area (Å²) in [6.07, 6.45) is 2.10. The highest BCUT2D eigenvalue weighted by Crippen LogP contribution is 2.26. The highest BCUT2D eigenvalue weighted by Gasteiger charge is 2.18. The molecule has 0 bridgehead atoms. The second-order valence-electron chi connectivity index (χ2n) is 4.82. The zero-order valence-electron chi connectivity index (χ0n) is 10.7. The monoisotopic (exact) mass is 277 g/mol. The van der Waals surface area contributed by atoms with Crippen LogP contribution in [0.15, 0.2) is 18.2 Å². The Morgan fingerprint density at radius 1 is 1.50 bits per heavy atom. The Kier molecular flexibility index (Phi) is 3.51. The van der Waals surface area contributed by atoms with Gasteiger partial charge in [-0.3, -0.25) is 0 Å². The van der Waals surface area contributed by atoms with Gasteiger partial charge in [-0.05, 0) is 50.5 Å². The number of hydrogen-bond acceptors (Lipinski definition) is 3. The summed E-state index contributed by atoms with van der Waals surface area (Å²) in [5.74, 6) is 0. The van der Waals surface area contributed by atoms with Crippen molar-refractivity contribution in [3.63, 3.8) is 0 Å². The SMILES string of the molecule is CSC(C)(C)Cn1c(=S)[nH]c2ccc(C#N)cc21. The van der Waals surface area contributed by atoms with E-state index in [-0.39, 0.29) is 4.75 Å². The number of nitrogens with zero attached hydrogens (tertiary/aromatic N) is 2. The highest BCUT2D eigenvalue weighted by atomic mass is 32.2. The van der Waals surface area contributed by atoms with Gasteiger partial charge in [-0.15, -0.1) is 0 Å². The van der Waals surface area contributed by atoms with Crippen LogP contribution in [0.1, 0.15) is 19.4 Å². The summed E-state index contributed by atoms with van der Waals surface area (Å²) in [7, 11) is 0. The molecule has 0 aliphatic carbocycles. The first-order valence-electron chi connectivity index (χ1n) is 5.65. The van der Waals surface area contributed by atoms with Crippen molar-refractivity contribution in [3.05, 3.63) is 28.5 Å². The highest BCUT2D eigenvalue weighted by molar-refractivity contribution is 7.99. The van der Waals surface area contributed by atoms with Gasteiger partial charge in [0.05, 0.1) is 22.7 Å². The third-order valence-corrected chi connectivity index (χ3v) is 4.55. The molecule has 0 radical (unpaired) electrons. The predicted molar refractivity (Wildman–Crippen MR) is 79.4 cm³/mol. The van der Waals surface area contributed by atoms with Gasteiger partial charge in [-0.25, -0.2) is 0 Å². The first kappa shape index (κ1) is 13.2. The van der Waals surface area contributed by atoms with Gasteiger partial charge >= 0.3 is 0 Å². The molecule has 94 valence electrons. The van der Waals surface area contributed by atoms with Crippen LogP contribution in [-0.4, -0.2) is 20.6 Å². The Balaban J connectivity index is 2.59. The lowest BCUT2D eigenvalue weighted by atomic mass is 10.2. The quantitative estimate of drug-likeness (QED) is 0.870. The minimum Gasteiger partial charge on any atom is -0.331 e. The molecular formula is C13H15N3S2. The summed E-state index contributed by atoms with van der Waals surface area (Å²) in [5, 5.41) is 8.97. The molecule has 2 rings (SSSR count). The Morgan fingerprint density at radius 3 is 2.83 bits per heavy atom. The number of benzene rings is 1. The van der Waals surface area contributed by atoms with Gasteiger partial charge in [0, 0.05) is 11.3 Å². The second kappa shape index (κ2) is 4.79. The number of hydrogen-bond donors (Lipinski definition) is 1. The van der Waals surface area contributed by atoms with Crippen molar-refractivity contribution < 1.29 is 0 Å². The lowest BCUT2D eigenvalue weighted by Crippen LogP contribution is -2.22. The van der Waals surface area contributed by atoms with Gasteiger partial charge in [0.1, 0.15) is 0 Å². The molecule has 0 atom stereocenters. The maximum absolute atomic E-state index is 8.97. The summed E-state index contributed by atoms with van der Waals surface area (Å²) in [6, 6.07) is 7.77. The Morgan fingerprint density at radius 2 is 2.22 bits per heavy atom. The van der Waals surface area contributed by atoms with Crippen LogP contribution in [0.2, 0.25) is 0 Å². The molecule has 1 aromatic heterocycles. The van der Waals surface area contributed by atoms with Gasteiger partial charge in [-0.2, -0.15) is 17.0 Å². The molecule has 0 aliphatic rings. The van der Waals surface area contributed by atoms with Gasteiger partial charge in [0.25, 0.3) is 0 Å². The molecule has 18 heavy (non-hydrogen) atoms. The van der Waals surface area contributed by atoms with Crippen LogP contribution in [0.25, 0.3) is 11.0 Å². The average Bonchev–Trinajstić information content (AvgIpc) is 2.65. The van der Waals surface area contributed by atoms with E-state index in [2.05, 4.69) is 35.7 Å². The number of aromatic nitrogens is 2. The van der Waals surface area contributed by atoms with Crippen molar-refractivity contribution >= 4 is 35.0 Å². The predicted octanol–water partition coefficient (Wildman–Crippen LogP) is 3.71. The lowest BCUT2D eigenvalue weighted by Gasteiger charge is -2.22. The van der Waals surface area contributed by atoms with E-state index in [1.807, 2.05) is 12.1 Å². The Labute approximate surface area is 116 Å². The first-order valence-corrected chi connectivity index (χ1v) is 7.28. The third-order valence-electron chi connectivity index (χ3n) is 3.00. The van der Waals surface area contributed by atoms with Crippen molar-refractivity contribution in [2.45, 2.75) is 25.1 Å². The fourth-order valence-electron chi connectivity index (χ4n) is 1.82. The van der Waals surface area contributed by atoms with Gasteiger partial charge in [-0.1, -0.05) is 0 Å². The normalized spacial score (nSPS) is 11.7. The van der Waals surface area contributed by atoms with E-state index < -0.39 is 0 Å². The molecule has 1 heterocycles. The largest absolute Gasteiger partial charge is 0.331 e. The number of fused-ring (bicyclic) bond motifs is 1. The molecular weight excluding hydrogens is 262 g/mol. The van der Waals surface area contributed by atoms with Crippen LogP contribution in [0, 0.1) is 16.1 Å². The van der Waals surface area contributed by atoms with Gasteiger partial charge < -0.3 is 9.55 Å². The summed E-state index contributed by atoms with van der Waals surface area (Å²) >= 11 is 7.17. The third kappa shape index (κ3) is 2.45.